The summed E-state index contributed by atoms with van der Waals surface area (Å²) in [6.07, 6.45) is 0.898. The first-order valence-corrected chi connectivity index (χ1v) is 7.25. The maximum absolute atomic E-state index is 12.2. The SMILES string of the molecule is CNC(=O)c1ccc(S(=O)(=O)N2CCC2C)cc1. The molecule has 0 spiro atoms. The van der Waals surface area contributed by atoms with E-state index in [1.807, 2.05) is 6.92 Å². The highest BCUT2D eigenvalue weighted by atomic mass is 32.2. The minimum atomic E-state index is -3.40. The molecule has 0 radical (unpaired) electrons. The van der Waals surface area contributed by atoms with Crippen molar-refractivity contribution in [2.24, 2.45) is 0 Å². The van der Waals surface area contributed by atoms with Crippen LogP contribution in [-0.2, 0) is 10.0 Å². The van der Waals surface area contributed by atoms with Crippen molar-refractivity contribution in [1.82, 2.24) is 9.62 Å². The van der Waals surface area contributed by atoms with Crippen LogP contribution < -0.4 is 5.32 Å². The predicted octanol–water partition coefficient (Wildman–Crippen LogP) is 0.829. The number of carbonyl (C=O) groups excluding carboxylic acids is 1. The molecule has 1 unspecified atom stereocenters. The fraction of sp³-hybridized carbons (Fsp3) is 0.417. The molecule has 1 aliphatic heterocycles. The quantitative estimate of drug-likeness (QED) is 0.883. The van der Waals surface area contributed by atoms with Crippen LogP contribution in [-0.4, -0.2) is 38.3 Å². The van der Waals surface area contributed by atoms with Crippen LogP contribution in [0.2, 0.25) is 0 Å². The van der Waals surface area contributed by atoms with Crippen molar-refractivity contribution >= 4 is 15.9 Å². The second-order valence-corrected chi connectivity index (χ2v) is 6.25. The molecule has 1 aromatic rings. The number of benzene rings is 1. The summed E-state index contributed by atoms with van der Waals surface area (Å²) in [5, 5.41) is 2.49. The number of rotatable bonds is 3. The molecule has 1 N–H and O–H groups in total. The number of nitrogens with zero attached hydrogens (tertiary/aromatic N) is 1. The van der Waals surface area contributed by atoms with Crippen molar-refractivity contribution < 1.29 is 13.2 Å². The minimum Gasteiger partial charge on any atom is -0.355 e. The van der Waals surface area contributed by atoms with Crippen molar-refractivity contribution in [1.29, 1.82) is 0 Å². The lowest BCUT2D eigenvalue weighted by molar-refractivity contribution is 0.0963. The summed E-state index contributed by atoms with van der Waals surface area (Å²) in [5.41, 5.74) is 0.452. The van der Waals surface area contributed by atoms with E-state index in [1.165, 1.54) is 35.6 Å². The van der Waals surface area contributed by atoms with Gasteiger partial charge in [0.15, 0.2) is 0 Å². The maximum Gasteiger partial charge on any atom is 0.251 e. The average Bonchev–Trinajstić information content (AvgIpc) is 2.35. The third-order valence-electron chi connectivity index (χ3n) is 3.21. The molecule has 1 atom stereocenters. The highest BCUT2D eigenvalue weighted by molar-refractivity contribution is 7.89. The first kappa shape index (κ1) is 13.0. The Morgan fingerprint density at radius 1 is 1.33 bits per heavy atom. The maximum atomic E-state index is 12.2. The number of hydrogen-bond acceptors (Lipinski definition) is 3. The fourth-order valence-electron chi connectivity index (χ4n) is 1.91. The Morgan fingerprint density at radius 2 is 1.94 bits per heavy atom. The van der Waals surface area contributed by atoms with E-state index in [0.29, 0.717) is 12.1 Å². The van der Waals surface area contributed by atoms with Gasteiger partial charge < -0.3 is 5.32 Å². The van der Waals surface area contributed by atoms with Gasteiger partial charge in [0.1, 0.15) is 0 Å². The van der Waals surface area contributed by atoms with Crippen molar-refractivity contribution in [2.45, 2.75) is 24.3 Å². The molecule has 0 aliphatic carbocycles. The molecule has 5 nitrogen and oxygen atoms in total. The van der Waals surface area contributed by atoms with Crippen LogP contribution in [0, 0.1) is 0 Å². The lowest BCUT2D eigenvalue weighted by atomic mass is 10.1. The Morgan fingerprint density at radius 3 is 2.33 bits per heavy atom. The third kappa shape index (κ3) is 2.13. The lowest BCUT2D eigenvalue weighted by Crippen LogP contribution is -2.49. The van der Waals surface area contributed by atoms with E-state index in [4.69, 9.17) is 0 Å². The lowest BCUT2D eigenvalue weighted by Gasteiger charge is -2.37. The van der Waals surface area contributed by atoms with E-state index in [2.05, 4.69) is 5.32 Å². The van der Waals surface area contributed by atoms with Crippen molar-refractivity contribution in [2.75, 3.05) is 13.6 Å². The van der Waals surface area contributed by atoms with E-state index in [1.54, 1.807) is 0 Å². The topological polar surface area (TPSA) is 66.5 Å². The minimum absolute atomic E-state index is 0.0635. The smallest absolute Gasteiger partial charge is 0.251 e. The van der Waals surface area contributed by atoms with Gasteiger partial charge in [0.05, 0.1) is 4.90 Å². The Balaban J connectivity index is 2.27. The van der Waals surface area contributed by atoms with Gasteiger partial charge in [-0.15, -0.1) is 0 Å². The van der Waals surface area contributed by atoms with Crippen molar-refractivity contribution in [3.63, 3.8) is 0 Å². The molecule has 0 saturated carbocycles. The zero-order chi connectivity index (χ0) is 13.3. The van der Waals surface area contributed by atoms with Gasteiger partial charge in [-0.05, 0) is 37.6 Å². The molecule has 2 rings (SSSR count). The number of amides is 1. The summed E-state index contributed by atoms with van der Waals surface area (Å²) in [6.45, 7) is 2.46. The van der Waals surface area contributed by atoms with Gasteiger partial charge in [0.2, 0.25) is 10.0 Å². The van der Waals surface area contributed by atoms with Crippen LogP contribution in [0.5, 0.6) is 0 Å². The zero-order valence-electron chi connectivity index (χ0n) is 10.4. The van der Waals surface area contributed by atoms with Crippen molar-refractivity contribution in [3.8, 4) is 0 Å². The van der Waals surface area contributed by atoms with Gasteiger partial charge in [-0.2, -0.15) is 4.31 Å². The Labute approximate surface area is 107 Å². The van der Waals surface area contributed by atoms with Gasteiger partial charge in [0, 0.05) is 25.2 Å². The number of hydrogen-bond donors (Lipinski definition) is 1. The normalized spacial score (nSPS) is 20.2. The first-order chi connectivity index (χ1) is 8.46. The monoisotopic (exact) mass is 268 g/mol. The third-order valence-corrected chi connectivity index (χ3v) is 5.24. The van der Waals surface area contributed by atoms with Gasteiger partial charge in [-0.25, -0.2) is 8.42 Å². The highest BCUT2D eigenvalue weighted by Gasteiger charge is 2.35. The van der Waals surface area contributed by atoms with Crippen molar-refractivity contribution in [3.05, 3.63) is 29.8 Å². The van der Waals surface area contributed by atoms with E-state index >= 15 is 0 Å². The molecular weight excluding hydrogens is 252 g/mol. The summed E-state index contributed by atoms with van der Waals surface area (Å²) >= 11 is 0. The molecule has 0 bridgehead atoms. The van der Waals surface area contributed by atoms with Gasteiger partial charge in [-0.3, -0.25) is 4.79 Å². The Kier molecular flexibility index (Phi) is 3.41. The molecule has 6 heteroatoms. The Bertz CT molecular complexity index is 551. The van der Waals surface area contributed by atoms with E-state index in [0.717, 1.165) is 6.42 Å². The summed E-state index contributed by atoms with van der Waals surface area (Å²) in [7, 11) is -1.86. The second-order valence-electron chi connectivity index (χ2n) is 4.36. The van der Waals surface area contributed by atoms with Crippen LogP contribution in [0.1, 0.15) is 23.7 Å². The highest BCUT2D eigenvalue weighted by Crippen LogP contribution is 2.26. The molecular formula is C12H16N2O3S. The van der Waals surface area contributed by atoms with Crippen LogP contribution in [0.4, 0.5) is 0 Å². The largest absolute Gasteiger partial charge is 0.355 e. The molecule has 1 aliphatic rings. The van der Waals surface area contributed by atoms with E-state index in [-0.39, 0.29) is 16.8 Å². The molecule has 1 amide bonds. The predicted molar refractivity (Wildman–Crippen MR) is 67.8 cm³/mol. The van der Waals surface area contributed by atoms with E-state index in [9.17, 15) is 13.2 Å². The van der Waals surface area contributed by atoms with Crippen LogP contribution in [0.15, 0.2) is 29.2 Å². The summed E-state index contributed by atoms with van der Waals surface area (Å²) < 4.78 is 25.9. The molecule has 1 saturated heterocycles. The van der Waals surface area contributed by atoms with Gasteiger partial charge >= 0.3 is 0 Å². The summed E-state index contributed by atoms with van der Waals surface area (Å²) in [5.74, 6) is -0.226. The molecule has 0 aromatic heterocycles. The molecule has 1 heterocycles. The molecule has 1 aromatic carbocycles. The molecule has 98 valence electrons. The molecule has 1 fully saturated rings. The van der Waals surface area contributed by atoms with Crippen LogP contribution >= 0.6 is 0 Å². The van der Waals surface area contributed by atoms with E-state index < -0.39 is 10.0 Å². The zero-order valence-corrected chi connectivity index (χ0v) is 11.2. The fourth-order valence-corrected chi connectivity index (χ4v) is 3.58. The summed E-state index contributed by atoms with van der Waals surface area (Å²) in [6, 6.07) is 6.07. The van der Waals surface area contributed by atoms with Gasteiger partial charge in [0.25, 0.3) is 5.91 Å². The van der Waals surface area contributed by atoms with Gasteiger partial charge in [-0.1, -0.05) is 0 Å². The number of carbonyl (C=O) groups is 1. The summed E-state index contributed by atoms with van der Waals surface area (Å²) in [4.78, 5) is 11.6. The standard InChI is InChI=1S/C12H16N2O3S/c1-9-7-8-14(9)18(16,17)11-5-3-10(4-6-11)12(15)13-2/h3-6,9H,7-8H2,1-2H3,(H,13,15). The van der Waals surface area contributed by atoms with Crippen LogP contribution in [0.25, 0.3) is 0 Å². The molecule has 18 heavy (non-hydrogen) atoms. The average molecular weight is 268 g/mol. The number of nitrogens with one attached hydrogen (secondary N) is 1. The number of sulfonamides is 1. The first-order valence-electron chi connectivity index (χ1n) is 5.81. The second kappa shape index (κ2) is 4.70. The Hall–Kier alpha value is -1.40. The van der Waals surface area contributed by atoms with Crippen LogP contribution in [0.3, 0.4) is 0 Å².